The highest BCUT2D eigenvalue weighted by Gasteiger charge is 2.14. The lowest BCUT2D eigenvalue weighted by Crippen LogP contribution is -2.33. The van der Waals surface area contributed by atoms with Crippen LogP contribution in [0.15, 0.2) is 36.4 Å². The fraction of sp³-hybridized carbons (Fsp3) is 0.375. The van der Waals surface area contributed by atoms with E-state index in [2.05, 4.69) is 27.1 Å². The second-order valence-corrected chi connectivity index (χ2v) is 4.97. The zero-order chi connectivity index (χ0) is 15.2. The Morgan fingerprint density at radius 3 is 2.57 bits per heavy atom. The summed E-state index contributed by atoms with van der Waals surface area (Å²) in [6.45, 7) is 2.75. The summed E-state index contributed by atoms with van der Waals surface area (Å²) in [7, 11) is 5.58. The summed E-state index contributed by atoms with van der Waals surface area (Å²) in [5.41, 5.74) is 1.00. The highest BCUT2D eigenvalue weighted by atomic mass is 16.5. The number of ether oxygens (including phenoxy) is 1. The van der Waals surface area contributed by atoms with Gasteiger partial charge in [-0.2, -0.15) is 0 Å². The molecule has 0 fully saturated rings. The lowest BCUT2D eigenvalue weighted by atomic mass is 10.2. The van der Waals surface area contributed by atoms with Crippen LogP contribution in [0, 0.1) is 0 Å². The highest BCUT2D eigenvalue weighted by Crippen LogP contribution is 2.22. The molecular formula is C16H22N4O. The summed E-state index contributed by atoms with van der Waals surface area (Å²) in [4.78, 5) is 11.3. The van der Waals surface area contributed by atoms with Crippen LogP contribution in [0.4, 0.5) is 11.6 Å². The van der Waals surface area contributed by atoms with E-state index in [1.54, 1.807) is 7.11 Å². The Bertz CT molecular complexity index is 574. The Labute approximate surface area is 126 Å². The van der Waals surface area contributed by atoms with Gasteiger partial charge in [0.25, 0.3) is 0 Å². The largest absolute Gasteiger partial charge is 0.383 e. The molecule has 0 saturated heterocycles. The molecule has 2 aromatic rings. The molecule has 0 aliphatic carbocycles. The molecule has 21 heavy (non-hydrogen) atoms. The van der Waals surface area contributed by atoms with E-state index in [9.17, 15) is 0 Å². The zero-order valence-electron chi connectivity index (χ0n) is 13.0. The van der Waals surface area contributed by atoms with E-state index in [0.29, 0.717) is 12.4 Å². The summed E-state index contributed by atoms with van der Waals surface area (Å²) in [6.07, 6.45) is 0. The molecule has 0 saturated carbocycles. The van der Waals surface area contributed by atoms with Crippen LogP contribution >= 0.6 is 0 Å². The van der Waals surface area contributed by atoms with Crippen molar-refractivity contribution in [1.29, 1.82) is 0 Å². The molecule has 5 nitrogen and oxygen atoms in total. The molecule has 1 unspecified atom stereocenters. The number of benzene rings is 1. The molecule has 2 rings (SSSR count). The third kappa shape index (κ3) is 3.70. The van der Waals surface area contributed by atoms with Crippen molar-refractivity contribution in [3.05, 3.63) is 36.4 Å². The maximum absolute atomic E-state index is 5.22. The Kier molecular flexibility index (Phi) is 5.11. The highest BCUT2D eigenvalue weighted by molar-refractivity contribution is 5.61. The van der Waals surface area contributed by atoms with Crippen LogP contribution in [-0.2, 0) is 4.74 Å². The van der Waals surface area contributed by atoms with Crippen molar-refractivity contribution in [3.8, 4) is 11.4 Å². The summed E-state index contributed by atoms with van der Waals surface area (Å²) in [5.74, 6) is 2.39. The molecule has 0 bridgehead atoms. The summed E-state index contributed by atoms with van der Waals surface area (Å²) < 4.78 is 5.22. The smallest absolute Gasteiger partial charge is 0.163 e. The fourth-order valence-electron chi connectivity index (χ4n) is 2.04. The van der Waals surface area contributed by atoms with Crippen molar-refractivity contribution in [1.82, 2.24) is 9.97 Å². The normalized spacial score (nSPS) is 12.0. The van der Waals surface area contributed by atoms with Gasteiger partial charge >= 0.3 is 0 Å². The number of nitrogens with zero attached hydrogens (tertiary/aromatic N) is 3. The van der Waals surface area contributed by atoms with E-state index >= 15 is 0 Å². The van der Waals surface area contributed by atoms with Gasteiger partial charge < -0.3 is 15.0 Å². The van der Waals surface area contributed by atoms with Gasteiger partial charge in [0.05, 0.1) is 12.6 Å². The van der Waals surface area contributed by atoms with Gasteiger partial charge in [0.2, 0.25) is 0 Å². The van der Waals surface area contributed by atoms with Gasteiger partial charge in [-0.15, -0.1) is 0 Å². The number of hydrogen-bond acceptors (Lipinski definition) is 5. The summed E-state index contributed by atoms with van der Waals surface area (Å²) >= 11 is 0. The molecule has 1 aromatic carbocycles. The summed E-state index contributed by atoms with van der Waals surface area (Å²) in [6, 6.07) is 12.2. The van der Waals surface area contributed by atoms with Gasteiger partial charge in [0.1, 0.15) is 11.6 Å². The lowest BCUT2D eigenvalue weighted by Gasteiger charge is -2.26. The number of hydrogen-bond donors (Lipinski definition) is 1. The second kappa shape index (κ2) is 7.04. The average Bonchev–Trinajstić information content (AvgIpc) is 2.54. The van der Waals surface area contributed by atoms with E-state index in [1.807, 2.05) is 50.5 Å². The Balaban J connectivity index is 2.38. The molecule has 0 radical (unpaired) electrons. The molecular weight excluding hydrogens is 264 g/mol. The lowest BCUT2D eigenvalue weighted by molar-refractivity contribution is 0.183. The van der Waals surface area contributed by atoms with Crippen molar-refractivity contribution in [2.75, 3.05) is 38.0 Å². The predicted molar refractivity (Wildman–Crippen MR) is 86.8 cm³/mol. The Hall–Kier alpha value is -2.14. The van der Waals surface area contributed by atoms with Crippen molar-refractivity contribution in [2.24, 2.45) is 0 Å². The number of aromatic nitrogens is 2. The zero-order valence-corrected chi connectivity index (χ0v) is 13.0. The van der Waals surface area contributed by atoms with Gasteiger partial charge in [-0.25, -0.2) is 9.97 Å². The Morgan fingerprint density at radius 1 is 1.24 bits per heavy atom. The number of anilines is 2. The fourth-order valence-corrected chi connectivity index (χ4v) is 2.04. The molecule has 112 valence electrons. The Morgan fingerprint density at radius 2 is 1.95 bits per heavy atom. The first-order valence-electron chi connectivity index (χ1n) is 6.99. The first-order valence-corrected chi connectivity index (χ1v) is 6.99. The van der Waals surface area contributed by atoms with Gasteiger partial charge in [0.15, 0.2) is 5.82 Å². The van der Waals surface area contributed by atoms with E-state index in [1.165, 1.54) is 0 Å². The first-order chi connectivity index (χ1) is 10.2. The topological polar surface area (TPSA) is 50.3 Å². The SMILES string of the molecule is CNc1cc(N(C)C(C)COC)nc(-c2ccccc2)n1. The van der Waals surface area contributed by atoms with E-state index < -0.39 is 0 Å². The van der Waals surface area contributed by atoms with E-state index in [0.717, 1.165) is 17.2 Å². The third-order valence-electron chi connectivity index (χ3n) is 3.43. The predicted octanol–water partition coefficient (Wildman–Crippen LogP) is 2.66. The van der Waals surface area contributed by atoms with Crippen LogP contribution in [0.5, 0.6) is 0 Å². The van der Waals surface area contributed by atoms with Crippen molar-refractivity contribution < 1.29 is 4.74 Å². The second-order valence-electron chi connectivity index (χ2n) is 4.97. The number of likely N-dealkylation sites (N-methyl/N-ethyl adjacent to an activating group) is 1. The van der Waals surface area contributed by atoms with Gasteiger partial charge in [0, 0.05) is 32.8 Å². The minimum Gasteiger partial charge on any atom is -0.383 e. The molecule has 0 aliphatic rings. The molecule has 1 heterocycles. The molecule has 1 atom stereocenters. The van der Waals surface area contributed by atoms with Crippen LogP contribution in [0.3, 0.4) is 0 Å². The van der Waals surface area contributed by atoms with E-state index in [4.69, 9.17) is 4.74 Å². The van der Waals surface area contributed by atoms with Gasteiger partial charge in [-0.3, -0.25) is 0 Å². The van der Waals surface area contributed by atoms with Crippen LogP contribution in [0.2, 0.25) is 0 Å². The molecule has 1 N–H and O–H groups in total. The number of methoxy groups -OCH3 is 1. The molecule has 0 amide bonds. The first kappa shape index (κ1) is 15.3. The van der Waals surface area contributed by atoms with Crippen LogP contribution in [0.25, 0.3) is 11.4 Å². The molecule has 0 spiro atoms. The third-order valence-corrected chi connectivity index (χ3v) is 3.43. The minimum atomic E-state index is 0.234. The van der Waals surface area contributed by atoms with Crippen LogP contribution in [-0.4, -0.2) is 43.8 Å². The molecule has 1 aromatic heterocycles. The summed E-state index contributed by atoms with van der Waals surface area (Å²) in [5, 5.41) is 3.09. The average molecular weight is 286 g/mol. The number of rotatable bonds is 6. The van der Waals surface area contributed by atoms with E-state index in [-0.39, 0.29) is 6.04 Å². The quantitative estimate of drug-likeness (QED) is 0.884. The van der Waals surface area contributed by atoms with Crippen molar-refractivity contribution in [2.45, 2.75) is 13.0 Å². The van der Waals surface area contributed by atoms with Crippen LogP contribution < -0.4 is 10.2 Å². The van der Waals surface area contributed by atoms with Crippen molar-refractivity contribution >= 4 is 11.6 Å². The standard InChI is InChI=1S/C16H22N4O/c1-12(11-21-4)20(3)15-10-14(17-2)18-16(19-15)13-8-6-5-7-9-13/h5-10,12H,11H2,1-4H3,(H,17,18,19). The monoisotopic (exact) mass is 286 g/mol. The maximum atomic E-state index is 5.22. The van der Waals surface area contributed by atoms with Gasteiger partial charge in [-0.05, 0) is 6.92 Å². The van der Waals surface area contributed by atoms with Crippen LogP contribution in [0.1, 0.15) is 6.92 Å². The molecule has 0 aliphatic heterocycles. The maximum Gasteiger partial charge on any atom is 0.163 e. The number of nitrogens with one attached hydrogen (secondary N) is 1. The molecule has 5 heteroatoms. The van der Waals surface area contributed by atoms with Crippen molar-refractivity contribution in [3.63, 3.8) is 0 Å². The van der Waals surface area contributed by atoms with Gasteiger partial charge in [-0.1, -0.05) is 30.3 Å². The minimum absolute atomic E-state index is 0.234.